The number of nitrogens with one attached hydrogen (secondary N) is 1. The van der Waals surface area contributed by atoms with E-state index in [1.807, 2.05) is 36.0 Å². The molecule has 0 radical (unpaired) electrons. The first-order chi connectivity index (χ1) is 14.6. The van der Waals surface area contributed by atoms with Crippen molar-refractivity contribution in [2.24, 2.45) is 7.05 Å². The summed E-state index contributed by atoms with van der Waals surface area (Å²) >= 11 is 0. The number of rotatable bonds is 11. The number of aryl methyl sites for hydroxylation is 1. The van der Waals surface area contributed by atoms with Crippen LogP contribution in [0.25, 0.3) is 0 Å². The van der Waals surface area contributed by atoms with Crippen LogP contribution in [0.1, 0.15) is 51.6 Å². The number of hydrogen-bond donors (Lipinski definition) is 2. The van der Waals surface area contributed by atoms with Crippen molar-refractivity contribution in [1.29, 1.82) is 0 Å². The third-order valence-electron chi connectivity index (χ3n) is 4.60. The molecule has 0 aromatic carbocycles. The van der Waals surface area contributed by atoms with Crippen LogP contribution >= 0.6 is 0 Å². The highest BCUT2D eigenvalue weighted by molar-refractivity contribution is 5.79. The summed E-state index contributed by atoms with van der Waals surface area (Å²) in [5, 5.41) is 11.9. The molecule has 2 N–H and O–H groups in total. The Bertz CT molecular complexity index is 832. The lowest BCUT2D eigenvalue weighted by Gasteiger charge is -2.23. The smallest absolute Gasteiger partial charge is 0.408 e. The van der Waals surface area contributed by atoms with Crippen molar-refractivity contribution in [1.82, 2.24) is 24.8 Å². The Morgan fingerprint density at radius 3 is 2.55 bits per heavy atom. The van der Waals surface area contributed by atoms with Gasteiger partial charge in [-0.25, -0.2) is 14.6 Å². The van der Waals surface area contributed by atoms with Crippen molar-refractivity contribution in [2.75, 3.05) is 6.54 Å². The molecule has 2 rings (SSSR count). The van der Waals surface area contributed by atoms with Gasteiger partial charge in [-0.3, -0.25) is 9.88 Å². The van der Waals surface area contributed by atoms with Crippen LogP contribution in [0, 0.1) is 0 Å². The maximum atomic E-state index is 11.9. The minimum atomic E-state index is -1.07. The van der Waals surface area contributed by atoms with Crippen LogP contribution in [-0.4, -0.2) is 54.8 Å². The largest absolute Gasteiger partial charge is 0.480 e. The molecule has 0 saturated carbocycles. The second kappa shape index (κ2) is 11.5. The number of unbranched alkanes of at least 4 members (excludes halogenated alkanes) is 1. The second-order valence-corrected chi connectivity index (χ2v) is 8.52. The molecule has 0 aliphatic carbocycles. The topological polar surface area (TPSA) is 110 Å². The molecule has 0 fully saturated rings. The van der Waals surface area contributed by atoms with Gasteiger partial charge in [0.05, 0.1) is 12.2 Å². The van der Waals surface area contributed by atoms with E-state index in [0.29, 0.717) is 25.9 Å². The van der Waals surface area contributed by atoms with Crippen molar-refractivity contribution in [2.45, 2.75) is 64.8 Å². The molecule has 2 aromatic rings. The van der Waals surface area contributed by atoms with Gasteiger partial charge in [-0.05, 0) is 58.7 Å². The summed E-state index contributed by atoms with van der Waals surface area (Å²) in [6.07, 6.45) is 6.49. The van der Waals surface area contributed by atoms with Crippen LogP contribution in [0.4, 0.5) is 4.79 Å². The Labute approximate surface area is 183 Å². The summed E-state index contributed by atoms with van der Waals surface area (Å²) in [7, 11) is 1.96. The van der Waals surface area contributed by atoms with Gasteiger partial charge in [0, 0.05) is 32.2 Å². The molecule has 2 heterocycles. The third-order valence-corrected chi connectivity index (χ3v) is 4.60. The number of alkyl carbamates (subject to hydrolysis) is 1. The molecule has 0 aliphatic rings. The van der Waals surface area contributed by atoms with Gasteiger partial charge in [-0.15, -0.1) is 0 Å². The van der Waals surface area contributed by atoms with E-state index in [4.69, 9.17) is 4.74 Å². The Morgan fingerprint density at radius 1 is 1.19 bits per heavy atom. The molecule has 170 valence electrons. The third kappa shape index (κ3) is 9.17. The highest BCUT2D eigenvalue weighted by Crippen LogP contribution is 2.11. The van der Waals surface area contributed by atoms with E-state index < -0.39 is 23.7 Å². The summed E-state index contributed by atoms with van der Waals surface area (Å²) in [5.74, 6) is -0.116. The van der Waals surface area contributed by atoms with Gasteiger partial charge in [0.1, 0.15) is 17.5 Å². The van der Waals surface area contributed by atoms with Gasteiger partial charge in [-0.1, -0.05) is 6.07 Å². The Balaban J connectivity index is 1.88. The molecule has 2 aromatic heterocycles. The molecule has 0 aliphatic heterocycles. The molecule has 0 bridgehead atoms. The zero-order valence-electron chi connectivity index (χ0n) is 18.7. The van der Waals surface area contributed by atoms with Crippen molar-refractivity contribution >= 4 is 12.1 Å². The van der Waals surface area contributed by atoms with Gasteiger partial charge in [-0.2, -0.15) is 0 Å². The van der Waals surface area contributed by atoms with Crippen LogP contribution in [0.5, 0.6) is 0 Å². The molecule has 0 spiro atoms. The normalized spacial score (nSPS) is 12.5. The average Bonchev–Trinajstić information content (AvgIpc) is 3.07. The molecule has 0 unspecified atom stereocenters. The van der Waals surface area contributed by atoms with Crippen LogP contribution in [0.2, 0.25) is 0 Å². The molecule has 9 nitrogen and oxygen atoms in total. The molecule has 1 atom stereocenters. The van der Waals surface area contributed by atoms with Crippen LogP contribution in [0.15, 0.2) is 36.8 Å². The van der Waals surface area contributed by atoms with Gasteiger partial charge in [0.15, 0.2) is 0 Å². The van der Waals surface area contributed by atoms with E-state index in [0.717, 1.165) is 24.5 Å². The van der Waals surface area contributed by atoms with Crippen molar-refractivity contribution in [3.05, 3.63) is 48.3 Å². The SMILES string of the molecule is Cn1ccnc1CN(CCCC[C@@H](NC(=O)OC(C)(C)C)C(=O)O)Cc1ccccn1. The first-order valence-corrected chi connectivity index (χ1v) is 10.4. The van der Waals surface area contributed by atoms with Crippen molar-refractivity contribution in [3.63, 3.8) is 0 Å². The lowest BCUT2D eigenvalue weighted by molar-refractivity contribution is -0.139. The Kier molecular flexibility index (Phi) is 8.99. The van der Waals surface area contributed by atoms with E-state index in [1.165, 1.54) is 0 Å². The number of carboxylic acid groups (broad SMARTS) is 1. The quantitative estimate of drug-likeness (QED) is 0.526. The fourth-order valence-electron chi connectivity index (χ4n) is 3.07. The van der Waals surface area contributed by atoms with E-state index in [1.54, 1.807) is 33.2 Å². The number of aromatic nitrogens is 3. The molecule has 9 heteroatoms. The standard InChI is InChI=1S/C22H33N5O4/c1-22(2,3)31-21(30)25-18(20(28)29)10-6-8-13-27(15-17-9-5-7-11-23-17)16-19-24-12-14-26(19)4/h5,7,9,11-12,14,18H,6,8,10,13,15-16H2,1-4H3,(H,25,30)(H,28,29)/t18-/m1/s1. The number of pyridine rings is 1. The maximum absolute atomic E-state index is 11.9. The van der Waals surface area contributed by atoms with E-state index >= 15 is 0 Å². The fourth-order valence-corrected chi connectivity index (χ4v) is 3.07. The number of carbonyl (C=O) groups excluding carboxylic acids is 1. The zero-order valence-corrected chi connectivity index (χ0v) is 18.7. The van der Waals surface area contributed by atoms with E-state index in [9.17, 15) is 14.7 Å². The summed E-state index contributed by atoms with van der Waals surface area (Å²) in [6.45, 7) is 7.30. The summed E-state index contributed by atoms with van der Waals surface area (Å²) < 4.78 is 7.14. The number of ether oxygens (including phenoxy) is 1. The molecular weight excluding hydrogens is 398 g/mol. The summed E-state index contributed by atoms with van der Waals surface area (Å²) in [5.41, 5.74) is 0.288. The van der Waals surface area contributed by atoms with Gasteiger partial charge in [0.2, 0.25) is 0 Å². The Hall–Kier alpha value is -2.94. The van der Waals surface area contributed by atoms with E-state index in [2.05, 4.69) is 20.2 Å². The summed E-state index contributed by atoms with van der Waals surface area (Å²) in [6, 6.07) is 4.85. The first kappa shape index (κ1) is 24.3. The number of imidazole rings is 1. The number of amides is 1. The predicted molar refractivity (Wildman–Crippen MR) is 116 cm³/mol. The highest BCUT2D eigenvalue weighted by Gasteiger charge is 2.23. The number of carboxylic acids is 1. The second-order valence-electron chi connectivity index (χ2n) is 8.52. The number of nitrogens with zero attached hydrogens (tertiary/aromatic N) is 4. The number of carbonyl (C=O) groups is 2. The minimum Gasteiger partial charge on any atom is -0.480 e. The molecule has 31 heavy (non-hydrogen) atoms. The van der Waals surface area contributed by atoms with E-state index in [-0.39, 0.29) is 0 Å². The predicted octanol–water partition coefficient (Wildman–Crippen LogP) is 2.97. The van der Waals surface area contributed by atoms with Gasteiger partial charge in [0.25, 0.3) is 0 Å². The van der Waals surface area contributed by atoms with Crippen LogP contribution in [-0.2, 0) is 29.7 Å². The minimum absolute atomic E-state index is 0.328. The number of aliphatic carboxylic acids is 1. The lowest BCUT2D eigenvalue weighted by Crippen LogP contribution is -2.43. The lowest BCUT2D eigenvalue weighted by atomic mass is 10.1. The van der Waals surface area contributed by atoms with Gasteiger partial charge >= 0.3 is 12.1 Å². The first-order valence-electron chi connectivity index (χ1n) is 10.4. The average molecular weight is 432 g/mol. The molecular formula is C22H33N5O4. The Morgan fingerprint density at radius 2 is 1.97 bits per heavy atom. The fraction of sp³-hybridized carbons (Fsp3) is 0.545. The van der Waals surface area contributed by atoms with Gasteiger partial charge < -0.3 is 19.7 Å². The van der Waals surface area contributed by atoms with Crippen molar-refractivity contribution < 1.29 is 19.4 Å². The van der Waals surface area contributed by atoms with Crippen LogP contribution < -0.4 is 5.32 Å². The summed E-state index contributed by atoms with van der Waals surface area (Å²) in [4.78, 5) is 34.5. The maximum Gasteiger partial charge on any atom is 0.408 e. The monoisotopic (exact) mass is 431 g/mol. The molecule has 0 saturated heterocycles. The highest BCUT2D eigenvalue weighted by atomic mass is 16.6. The zero-order chi connectivity index (χ0) is 22.9. The van der Waals surface area contributed by atoms with Crippen molar-refractivity contribution in [3.8, 4) is 0 Å². The molecule has 1 amide bonds. The van der Waals surface area contributed by atoms with Crippen LogP contribution in [0.3, 0.4) is 0 Å². The number of hydrogen-bond acceptors (Lipinski definition) is 6.